The predicted octanol–water partition coefficient (Wildman–Crippen LogP) is 10.00. The number of aryl methyl sites for hydroxylation is 2. The Morgan fingerprint density at radius 2 is 0.868 bits per heavy atom. The van der Waals surface area contributed by atoms with Gasteiger partial charge in [0.05, 0.1) is 0 Å². The van der Waals surface area contributed by atoms with Crippen LogP contribution in [0.5, 0.6) is 0 Å². The first-order valence-corrected chi connectivity index (χ1v) is 12.7. The second kappa shape index (κ2) is 24.1. The van der Waals surface area contributed by atoms with E-state index in [0.717, 1.165) is 0 Å². The van der Waals surface area contributed by atoms with Gasteiger partial charge in [-0.1, -0.05) is 117 Å². The number of benzene rings is 2. The summed E-state index contributed by atoms with van der Waals surface area (Å²) in [6, 6.07) is 17.0. The maximum absolute atomic E-state index is 3.50. The zero-order valence-corrected chi connectivity index (χ0v) is 27.8. The van der Waals surface area contributed by atoms with E-state index in [1.54, 1.807) is 42.3 Å². The minimum atomic E-state index is 0. The van der Waals surface area contributed by atoms with E-state index in [0.29, 0.717) is 0 Å². The summed E-state index contributed by atoms with van der Waals surface area (Å²) in [5.74, 6) is 0. The third-order valence-corrected chi connectivity index (χ3v) is 5.41. The third kappa shape index (κ3) is 19.1. The van der Waals surface area contributed by atoms with E-state index in [4.69, 9.17) is 0 Å². The molecule has 38 heavy (non-hydrogen) atoms. The fourth-order valence-electron chi connectivity index (χ4n) is 3.09. The Kier molecular flexibility index (Phi) is 25.6. The maximum Gasteiger partial charge on any atom is 4.00 e. The van der Waals surface area contributed by atoms with Crippen LogP contribution in [0.15, 0.2) is 77.4 Å². The summed E-state index contributed by atoms with van der Waals surface area (Å²) in [5, 5.41) is 10.5. The molecule has 0 spiro atoms. The summed E-state index contributed by atoms with van der Waals surface area (Å²) >= 11 is 0. The van der Waals surface area contributed by atoms with Gasteiger partial charge < -0.3 is 16.0 Å². The molecule has 0 fully saturated rings. The Balaban J connectivity index is -0.000000517. The fourth-order valence-corrected chi connectivity index (χ4v) is 3.09. The van der Waals surface area contributed by atoms with Gasteiger partial charge in [-0.3, -0.25) is 6.08 Å². The molecule has 1 aliphatic carbocycles. The van der Waals surface area contributed by atoms with E-state index in [1.165, 1.54) is 39.0 Å². The SMILES string of the molecule is CC1=[C-]C(C)(C)C(C)=C1C.C[N-]C.C[N-]C.C[N-]C.Cc1ccc(C=CC=Cc2ccc(C)cc2)cc1.[Ti+4]. The standard InChI is InChI=1S/C18H18.C10H15.3C2H6N.Ti/c1-15-7-11-17(12-8-15)5-3-4-6-18-13-9-16(2)10-14-18;1-7-6-10(4,5)9(3)8(7)2;3*1-3-2;/h3-14H,1-2H3;1-5H3;3*1-2H3;/q;4*-1;+4. The van der Waals surface area contributed by atoms with E-state index in [1.807, 2.05) is 0 Å². The largest absolute Gasteiger partial charge is 4.00 e. The molecule has 0 aromatic heterocycles. The molecular weight excluding hydrogens is 498 g/mol. The Morgan fingerprint density at radius 3 is 1.05 bits per heavy atom. The van der Waals surface area contributed by atoms with Crippen molar-refractivity contribution < 1.29 is 21.7 Å². The van der Waals surface area contributed by atoms with Crippen molar-refractivity contribution in [1.82, 2.24) is 0 Å². The van der Waals surface area contributed by atoms with Crippen molar-refractivity contribution >= 4 is 12.2 Å². The van der Waals surface area contributed by atoms with Crippen LogP contribution >= 0.6 is 0 Å². The van der Waals surface area contributed by atoms with E-state index < -0.39 is 0 Å². The molecule has 2 aromatic rings. The minimum Gasteiger partial charge on any atom is -0.668 e. The van der Waals surface area contributed by atoms with E-state index in [-0.39, 0.29) is 27.1 Å². The predicted molar refractivity (Wildman–Crippen MR) is 171 cm³/mol. The molecule has 0 amide bonds. The van der Waals surface area contributed by atoms with Gasteiger partial charge >= 0.3 is 21.7 Å². The second-order valence-corrected chi connectivity index (χ2v) is 9.51. The van der Waals surface area contributed by atoms with Gasteiger partial charge in [-0.15, -0.1) is 6.92 Å². The molecule has 0 saturated heterocycles. The maximum atomic E-state index is 3.50. The Hall–Kier alpha value is -2.01. The Labute approximate surface area is 250 Å². The number of rotatable bonds is 3. The Morgan fingerprint density at radius 1 is 0.579 bits per heavy atom. The molecule has 1 aliphatic rings. The fraction of sp³-hybridized carbons (Fsp3) is 0.412. The van der Waals surface area contributed by atoms with Crippen molar-refractivity contribution in [2.24, 2.45) is 5.41 Å². The summed E-state index contributed by atoms with van der Waals surface area (Å²) in [4.78, 5) is 0. The van der Waals surface area contributed by atoms with Crippen LogP contribution in [-0.4, -0.2) is 42.3 Å². The van der Waals surface area contributed by atoms with Gasteiger partial charge in [0.15, 0.2) is 0 Å². The molecule has 2 aromatic carbocycles. The normalized spacial score (nSPS) is 13.0. The average Bonchev–Trinajstić information content (AvgIpc) is 3.02. The molecule has 0 atom stereocenters. The second-order valence-electron chi connectivity index (χ2n) is 9.51. The smallest absolute Gasteiger partial charge is 0.668 e. The monoisotopic (exact) mass is 549 g/mol. The molecule has 3 rings (SSSR count). The quantitative estimate of drug-likeness (QED) is 0.208. The molecule has 4 heteroatoms. The number of hydrogen-bond donors (Lipinski definition) is 0. The summed E-state index contributed by atoms with van der Waals surface area (Å²) < 4.78 is 0. The molecule has 0 radical (unpaired) electrons. The summed E-state index contributed by atoms with van der Waals surface area (Å²) in [5.41, 5.74) is 9.44. The van der Waals surface area contributed by atoms with Crippen LogP contribution in [0.25, 0.3) is 28.1 Å². The van der Waals surface area contributed by atoms with Gasteiger partial charge in [0.25, 0.3) is 0 Å². The van der Waals surface area contributed by atoms with Crippen LogP contribution in [0.2, 0.25) is 0 Å². The molecule has 0 saturated carbocycles. The van der Waals surface area contributed by atoms with Crippen LogP contribution in [0.1, 0.15) is 56.9 Å². The first-order valence-electron chi connectivity index (χ1n) is 12.7. The van der Waals surface area contributed by atoms with E-state index in [2.05, 4.69) is 143 Å². The molecule has 3 nitrogen and oxygen atoms in total. The number of allylic oxidation sites excluding steroid dienone is 6. The molecule has 0 bridgehead atoms. The van der Waals surface area contributed by atoms with Crippen molar-refractivity contribution in [3.8, 4) is 0 Å². The van der Waals surface area contributed by atoms with Crippen LogP contribution in [0.4, 0.5) is 0 Å². The zero-order valence-electron chi connectivity index (χ0n) is 26.3. The van der Waals surface area contributed by atoms with E-state index >= 15 is 0 Å². The Bertz CT molecular complexity index is 906. The summed E-state index contributed by atoms with van der Waals surface area (Å²) in [7, 11) is 10.5. The first-order chi connectivity index (χ1) is 17.4. The molecule has 0 unspecified atom stereocenters. The van der Waals surface area contributed by atoms with Gasteiger partial charge in [-0.2, -0.15) is 53.4 Å². The zero-order chi connectivity index (χ0) is 28.9. The first kappa shape index (κ1) is 40.5. The third-order valence-electron chi connectivity index (χ3n) is 5.41. The average molecular weight is 550 g/mol. The molecule has 0 N–H and O–H groups in total. The topological polar surface area (TPSA) is 42.3 Å². The van der Waals surface area contributed by atoms with Crippen LogP contribution < -0.4 is 0 Å². The van der Waals surface area contributed by atoms with Crippen LogP contribution in [0, 0.1) is 25.3 Å². The van der Waals surface area contributed by atoms with Gasteiger partial charge in [0.2, 0.25) is 0 Å². The van der Waals surface area contributed by atoms with Crippen molar-refractivity contribution in [1.29, 1.82) is 0 Å². The van der Waals surface area contributed by atoms with Crippen molar-refractivity contribution in [3.05, 3.63) is 122 Å². The summed E-state index contributed by atoms with van der Waals surface area (Å²) in [6.07, 6.45) is 11.8. The van der Waals surface area contributed by atoms with Crippen LogP contribution in [-0.2, 0) is 21.7 Å². The molecule has 0 aliphatic heterocycles. The molecule has 0 heterocycles. The molecule has 206 valence electrons. The van der Waals surface area contributed by atoms with E-state index in [9.17, 15) is 0 Å². The van der Waals surface area contributed by atoms with Gasteiger partial charge in [-0.25, -0.2) is 5.57 Å². The van der Waals surface area contributed by atoms with Crippen molar-refractivity contribution in [3.63, 3.8) is 0 Å². The minimum absolute atomic E-state index is 0. The molecular formula is C34H51N3Ti. The summed E-state index contributed by atoms with van der Waals surface area (Å²) in [6.45, 7) is 15.1. The van der Waals surface area contributed by atoms with Gasteiger partial charge in [0.1, 0.15) is 0 Å². The van der Waals surface area contributed by atoms with Crippen LogP contribution in [0.3, 0.4) is 0 Å². The van der Waals surface area contributed by atoms with Crippen molar-refractivity contribution in [2.45, 2.75) is 48.5 Å². The van der Waals surface area contributed by atoms with Crippen molar-refractivity contribution in [2.75, 3.05) is 42.3 Å². The van der Waals surface area contributed by atoms with Gasteiger partial charge in [-0.05, 0) is 25.0 Å². The number of nitrogens with zero attached hydrogens (tertiary/aromatic N) is 3. The van der Waals surface area contributed by atoms with Gasteiger partial charge in [0, 0.05) is 0 Å². The number of hydrogen-bond acceptors (Lipinski definition) is 0.